The zero-order valence-electron chi connectivity index (χ0n) is 42.2. The van der Waals surface area contributed by atoms with Crippen molar-refractivity contribution in [3.05, 3.63) is 47.6 Å². The van der Waals surface area contributed by atoms with Gasteiger partial charge in [-0.25, -0.2) is 4.79 Å². The van der Waals surface area contributed by atoms with Gasteiger partial charge in [0, 0.05) is 41.3 Å². The summed E-state index contributed by atoms with van der Waals surface area (Å²) in [5.41, 5.74) is -5.10. The van der Waals surface area contributed by atoms with E-state index < -0.39 is 80.7 Å². The maximum atomic E-state index is 16.3. The molecule has 15 rings (SSSR count). The average Bonchev–Trinajstić information content (AvgIpc) is 3.99. The first kappa shape index (κ1) is 45.3. The summed E-state index contributed by atoms with van der Waals surface area (Å²) in [5, 5.41) is 39.3. The molecule has 4 spiro atoms. The molecular weight excluding hydrogens is 901 g/mol. The highest BCUT2D eigenvalue weighted by molar-refractivity contribution is 5.94. The van der Waals surface area contributed by atoms with Crippen molar-refractivity contribution in [3.63, 3.8) is 0 Å². The second-order valence-electron chi connectivity index (χ2n) is 27.2. The average molecular weight is 977 g/mol. The van der Waals surface area contributed by atoms with Crippen LogP contribution in [0.1, 0.15) is 135 Å². The van der Waals surface area contributed by atoms with Crippen LogP contribution in [0.5, 0.6) is 0 Å². The van der Waals surface area contributed by atoms with Crippen LogP contribution in [-0.2, 0) is 39.8 Å². The number of carbonyl (C=O) groups excluding carboxylic acids is 3. The van der Waals surface area contributed by atoms with Gasteiger partial charge in [0.25, 0.3) is 0 Å². The number of furan rings is 1. The molecule has 7 aliphatic heterocycles. The van der Waals surface area contributed by atoms with Gasteiger partial charge in [-0.2, -0.15) is 0 Å². The van der Waals surface area contributed by atoms with E-state index in [2.05, 4.69) is 56.3 Å². The summed E-state index contributed by atoms with van der Waals surface area (Å²) in [6.07, 6.45) is 18.6. The Kier molecular flexibility index (Phi) is 9.35. The van der Waals surface area contributed by atoms with Crippen LogP contribution in [-0.4, -0.2) is 106 Å². The van der Waals surface area contributed by atoms with Gasteiger partial charge in [-0.15, -0.1) is 0 Å². The summed E-state index contributed by atoms with van der Waals surface area (Å²) < 4.78 is 35.0. The number of hydrogen-bond acceptors (Lipinski definition) is 13. The molecule has 0 amide bonds. The van der Waals surface area contributed by atoms with Crippen LogP contribution in [0.25, 0.3) is 0 Å². The predicted octanol–water partition coefficient (Wildman–Crippen LogP) is 6.58. The third kappa shape index (κ3) is 5.11. The van der Waals surface area contributed by atoms with E-state index in [4.69, 9.17) is 23.4 Å². The number of aliphatic hydroxyl groups excluding tert-OH is 3. The van der Waals surface area contributed by atoms with Crippen molar-refractivity contribution >= 4 is 17.7 Å². The van der Waals surface area contributed by atoms with Gasteiger partial charge < -0.3 is 43.6 Å². The molecule has 23 atom stereocenters. The number of ketones is 1. The number of Topliss-reactive ketones (excluding diaryl/α,β-unsaturated/α-hetero) is 1. The van der Waals surface area contributed by atoms with Crippen LogP contribution in [0.15, 0.2) is 40.7 Å². The van der Waals surface area contributed by atoms with Crippen LogP contribution in [0.2, 0.25) is 0 Å². The zero-order chi connectivity index (χ0) is 48.6. The van der Waals surface area contributed by atoms with Crippen molar-refractivity contribution in [3.8, 4) is 0 Å². The summed E-state index contributed by atoms with van der Waals surface area (Å²) in [4.78, 5) is 48.6. The second kappa shape index (κ2) is 14.6. The Labute approximate surface area is 417 Å². The Morgan fingerprint density at radius 3 is 2.62 bits per heavy atom. The summed E-state index contributed by atoms with van der Waals surface area (Å²) in [7, 11) is 0. The van der Waals surface area contributed by atoms with E-state index in [0.29, 0.717) is 48.3 Å². The third-order valence-corrected chi connectivity index (χ3v) is 25.0. The standard InChI is InChI=1S/C58H76N2O11/c1-29(30-8-5-6-9-30)18-35-21-36-20-34-10-7-15-55(34)24-33-23-52(2)48(38-14-17-67-42(38)22-39(41(62)26-61)31-11-12-37-32(19-31)13-16-60-28-59-25-40(37)60)69-51(66)49-58(52,70-49)53(3)44(33)56-27-68-50(65)46(55)57(36,56)71-54(35,4)45(56)43(63)47(53)64/h13-14,16-17,21,29-35,37,39-41,44-49,59,61-62,64H,5-12,15,18-20,22-28H2,1-4H3. The lowest BCUT2D eigenvalue weighted by molar-refractivity contribution is -0.280. The van der Waals surface area contributed by atoms with Crippen molar-refractivity contribution in [1.82, 2.24) is 10.2 Å². The number of carbonyl (C=O) groups is 3. The maximum absolute atomic E-state index is 16.3. The lowest BCUT2D eigenvalue weighted by Gasteiger charge is -2.70. The monoisotopic (exact) mass is 977 g/mol. The number of ether oxygens (including phenoxy) is 4. The van der Waals surface area contributed by atoms with E-state index in [1.165, 1.54) is 31.3 Å². The summed E-state index contributed by atoms with van der Waals surface area (Å²) in [6, 6.07) is 2.38. The van der Waals surface area contributed by atoms with Gasteiger partial charge >= 0.3 is 11.9 Å². The van der Waals surface area contributed by atoms with Crippen molar-refractivity contribution in [2.75, 3.05) is 26.4 Å². The van der Waals surface area contributed by atoms with E-state index in [-0.39, 0.29) is 60.5 Å². The highest BCUT2D eigenvalue weighted by Gasteiger charge is 2.97. The molecule has 1 aromatic heterocycles. The minimum absolute atomic E-state index is 0.0426. The SMILES string of the molecule is CC(CC1C=C2CC3CCCC34CC3CC5(C)C(c6ccoc6CC(C(O)CO)C6CCC7C(C=CN8CNCC78)C6)OC(=O)C6OC65C5(C)C(O)C(=O)C6C1(C)OC21C4C(=O)OCC61C35)C1CCCC1. The Morgan fingerprint density at radius 2 is 1.80 bits per heavy atom. The lowest BCUT2D eigenvalue weighted by atomic mass is 9.33. The zero-order valence-corrected chi connectivity index (χ0v) is 42.2. The molecule has 7 aliphatic carbocycles. The van der Waals surface area contributed by atoms with Gasteiger partial charge in [0.1, 0.15) is 35.8 Å². The topological polar surface area (TPSA) is 181 Å². The van der Waals surface area contributed by atoms with Crippen LogP contribution in [0.4, 0.5) is 0 Å². The molecule has 23 unspecified atom stereocenters. The molecular formula is C58H76N2O11. The first-order valence-corrected chi connectivity index (χ1v) is 28.3. The number of fused-ring (bicyclic) bond motifs is 5. The van der Waals surface area contributed by atoms with Crippen LogP contribution in [0, 0.1) is 92.7 Å². The molecule has 5 saturated heterocycles. The van der Waals surface area contributed by atoms with E-state index in [0.717, 1.165) is 76.6 Å². The fourth-order valence-electron chi connectivity index (χ4n) is 22.6. The molecule has 71 heavy (non-hydrogen) atoms. The quantitative estimate of drug-likeness (QED) is 0.119. The highest BCUT2D eigenvalue weighted by Crippen LogP contribution is 2.88. The number of esters is 2. The number of nitrogens with one attached hydrogen (secondary N) is 1. The molecule has 4 N–H and O–H groups in total. The number of rotatable bonds is 9. The van der Waals surface area contributed by atoms with E-state index in [1.807, 2.05) is 6.07 Å². The molecule has 0 radical (unpaired) electrons. The van der Waals surface area contributed by atoms with Gasteiger partial charge in [-0.3, -0.25) is 14.9 Å². The molecule has 14 aliphatic rings. The van der Waals surface area contributed by atoms with Crippen molar-refractivity contribution in [2.45, 2.75) is 171 Å². The van der Waals surface area contributed by atoms with Gasteiger partial charge in [-0.1, -0.05) is 65.0 Å². The van der Waals surface area contributed by atoms with Crippen LogP contribution < -0.4 is 5.32 Å². The van der Waals surface area contributed by atoms with Gasteiger partial charge in [0.15, 0.2) is 11.9 Å². The number of hydrogen-bond donors (Lipinski definition) is 4. The maximum Gasteiger partial charge on any atom is 0.339 e. The number of aliphatic hydroxyl groups is 3. The Bertz CT molecular complexity index is 2540. The molecule has 7 saturated carbocycles. The second-order valence-corrected chi connectivity index (χ2v) is 27.2. The molecule has 8 heterocycles. The fourth-order valence-corrected chi connectivity index (χ4v) is 22.6. The van der Waals surface area contributed by atoms with Gasteiger partial charge in [0.2, 0.25) is 0 Å². The van der Waals surface area contributed by atoms with Crippen molar-refractivity contribution in [2.24, 2.45) is 92.7 Å². The number of nitrogens with zero attached hydrogens (tertiary/aromatic N) is 1. The number of allylic oxidation sites excluding steroid dienone is 1. The molecule has 0 aromatic carbocycles. The van der Waals surface area contributed by atoms with E-state index in [9.17, 15) is 20.1 Å². The first-order valence-electron chi connectivity index (χ1n) is 28.3. The van der Waals surface area contributed by atoms with Crippen molar-refractivity contribution in [1.29, 1.82) is 0 Å². The number of cyclic esters (lactones) is 2. The van der Waals surface area contributed by atoms with Crippen LogP contribution in [0.3, 0.4) is 0 Å². The van der Waals surface area contributed by atoms with Gasteiger partial charge in [0.05, 0.1) is 48.5 Å². The summed E-state index contributed by atoms with van der Waals surface area (Å²) >= 11 is 0. The highest BCUT2D eigenvalue weighted by atomic mass is 16.7. The molecule has 13 nitrogen and oxygen atoms in total. The third-order valence-electron chi connectivity index (χ3n) is 25.0. The van der Waals surface area contributed by atoms with Crippen LogP contribution >= 0.6 is 0 Å². The number of epoxide rings is 1. The van der Waals surface area contributed by atoms with Gasteiger partial charge in [-0.05, 0) is 141 Å². The summed E-state index contributed by atoms with van der Waals surface area (Å²) in [6.45, 7) is 10.3. The molecule has 13 heteroatoms. The molecule has 1 aromatic rings. The Hall–Kier alpha value is -3.07. The smallest absolute Gasteiger partial charge is 0.339 e. The minimum Gasteiger partial charge on any atom is -0.469 e. The van der Waals surface area contributed by atoms with E-state index in [1.54, 1.807) is 6.26 Å². The first-order chi connectivity index (χ1) is 34.1. The molecule has 384 valence electrons. The predicted molar refractivity (Wildman–Crippen MR) is 255 cm³/mol. The molecule has 5 bridgehead atoms. The molecule has 12 fully saturated rings. The fraction of sp³-hybridized carbons (Fsp3) is 0.810. The van der Waals surface area contributed by atoms with E-state index >= 15 is 9.59 Å². The minimum atomic E-state index is -1.48. The Balaban J connectivity index is 0.852. The van der Waals surface area contributed by atoms with Crippen molar-refractivity contribution < 1.29 is 53.1 Å². The largest absolute Gasteiger partial charge is 0.469 e. The summed E-state index contributed by atoms with van der Waals surface area (Å²) in [5.74, 6) is -0.166. The Morgan fingerprint density at radius 1 is 0.972 bits per heavy atom. The normalized spacial score (nSPS) is 53.6. The lowest BCUT2D eigenvalue weighted by Crippen LogP contribution is -2.80.